The first kappa shape index (κ1) is 20.0. The average molecular weight is 382 g/mol. The molecule has 0 aliphatic carbocycles. The zero-order chi connectivity index (χ0) is 19.3. The van der Waals surface area contributed by atoms with Gasteiger partial charge in [-0.05, 0) is 31.4 Å². The van der Waals surface area contributed by atoms with Crippen molar-refractivity contribution in [1.29, 1.82) is 0 Å². The van der Waals surface area contributed by atoms with Gasteiger partial charge in [0.25, 0.3) is 0 Å². The Kier molecular flexibility index (Phi) is 6.47. The van der Waals surface area contributed by atoms with Crippen molar-refractivity contribution in [1.82, 2.24) is 4.90 Å². The summed E-state index contributed by atoms with van der Waals surface area (Å²) in [6, 6.07) is 4.71. The van der Waals surface area contributed by atoms with Gasteiger partial charge >= 0.3 is 11.7 Å². The Morgan fingerprint density at radius 3 is 2.81 bits per heavy atom. The van der Waals surface area contributed by atoms with Crippen LogP contribution in [0.5, 0.6) is 5.75 Å². The zero-order valence-electron chi connectivity index (χ0n) is 14.8. The first-order chi connectivity index (χ1) is 12.3. The van der Waals surface area contributed by atoms with Crippen LogP contribution >= 0.6 is 11.8 Å². The molecule has 1 aliphatic rings. The molecule has 0 spiro atoms. The van der Waals surface area contributed by atoms with E-state index in [1.54, 1.807) is 24.0 Å². The van der Waals surface area contributed by atoms with E-state index < -0.39 is 16.3 Å². The van der Waals surface area contributed by atoms with Crippen LogP contribution in [0.3, 0.4) is 0 Å². The number of hydrogen-bond acceptors (Lipinski definition) is 6. The molecule has 1 fully saturated rings. The van der Waals surface area contributed by atoms with Crippen LogP contribution in [-0.4, -0.2) is 52.8 Å². The Bertz CT molecular complexity index is 710. The van der Waals surface area contributed by atoms with E-state index in [0.29, 0.717) is 25.1 Å². The van der Waals surface area contributed by atoms with Crippen LogP contribution in [0.15, 0.2) is 18.2 Å². The largest absolute Gasteiger partial charge is 0.490 e. The minimum absolute atomic E-state index is 0.106. The fraction of sp³-hybridized carbons (Fsp3) is 0.529. The van der Waals surface area contributed by atoms with Crippen molar-refractivity contribution in [2.24, 2.45) is 5.41 Å². The van der Waals surface area contributed by atoms with Gasteiger partial charge in [-0.3, -0.25) is 19.7 Å². The second kappa shape index (κ2) is 8.39. The molecule has 0 bridgehead atoms. The van der Waals surface area contributed by atoms with E-state index in [0.717, 1.165) is 5.56 Å². The summed E-state index contributed by atoms with van der Waals surface area (Å²) in [5.74, 6) is -0.143. The van der Waals surface area contributed by atoms with Crippen molar-refractivity contribution in [3.05, 3.63) is 33.9 Å². The predicted molar refractivity (Wildman–Crippen MR) is 97.4 cm³/mol. The van der Waals surface area contributed by atoms with Gasteiger partial charge in [0.2, 0.25) is 5.91 Å². The minimum atomic E-state index is -0.894. The highest BCUT2D eigenvalue weighted by molar-refractivity contribution is 7.99. The van der Waals surface area contributed by atoms with E-state index in [1.807, 2.05) is 0 Å². The molecule has 8 nitrogen and oxygen atoms in total. The lowest BCUT2D eigenvalue weighted by atomic mass is 9.82. The third kappa shape index (κ3) is 4.66. The van der Waals surface area contributed by atoms with E-state index in [2.05, 4.69) is 0 Å². The highest BCUT2D eigenvalue weighted by atomic mass is 32.2. The van der Waals surface area contributed by atoms with E-state index in [-0.39, 0.29) is 29.6 Å². The summed E-state index contributed by atoms with van der Waals surface area (Å²) >= 11 is 1.35. The van der Waals surface area contributed by atoms with Crippen molar-refractivity contribution < 1.29 is 24.4 Å². The van der Waals surface area contributed by atoms with Gasteiger partial charge in [-0.2, -0.15) is 0 Å². The SMILES string of the molecule is COc1ccc(CSCC(=O)N2CCCC(C)(C(=O)O)C2)cc1[N+](=O)[O-]. The van der Waals surface area contributed by atoms with Crippen LogP contribution in [-0.2, 0) is 15.3 Å². The van der Waals surface area contributed by atoms with Gasteiger partial charge in [0.05, 0.1) is 23.2 Å². The lowest BCUT2D eigenvalue weighted by Gasteiger charge is -2.37. The van der Waals surface area contributed by atoms with Gasteiger partial charge in [0.15, 0.2) is 5.75 Å². The second-order valence-electron chi connectivity index (χ2n) is 6.54. The lowest BCUT2D eigenvalue weighted by Crippen LogP contribution is -2.48. The number of carboxylic acids is 1. The minimum Gasteiger partial charge on any atom is -0.490 e. The number of piperidine rings is 1. The highest BCUT2D eigenvalue weighted by Gasteiger charge is 2.39. The Morgan fingerprint density at radius 1 is 1.46 bits per heavy atom. The van der Waals surface area contributed by atoms with Crippen molar-refractivity contribution in [3.63, 3.8) is 0 Å². The number of nitrogens with zero attached hydrogens (tertiary/aromatic N) is 2. The molecule has 1 aliphatic heterocycles. The molecule has 1 aromatic rings. The molecule has 1 aromatic carbocycles. The molecule has 1 heterocycles. The fourth-order valence-electron chi connectivity index (χ4n) is 2.94. The third-order valence-corrected chi connectivity index (χ3v) is 5.49. The monoisotopic (exact) mass is 382 g/mol. The summed E-state index contributed by atoms with van der Waals surface area (Å²) in [6.45, 7) is 2.45. The number of amides is 1. The van der Waals surface area contributed by atoms with Crippen molar-refractivity contribution in [3.8, 4) is 5.75 Å². The van der Waals surface area contributed by atoms with Crippen LogP contribution in [0, 0.1) is 15.5 Å². The van der Waals surface area contributed by atoms with Gasteiger partial charge in [-0.1, -0.05) is 6.07 Å². The number of aliphatic carboxylic acids is 1. The molecule has 1 N–H and O–H groups in total. The van der Waals surface area contributed by atoms with Crippen molar-refractivity contribution in [2.45, 2.75) is 25.5 Å². The molecule has 0 radical (unpaired) electrons. The Morgan fingerprint density at radius 2 is 2.19 bits per heavy atom. The molecule has 1 atom stereocenters. The fourth-order valence-corrected chi connectivity index (χ4v) is 3.82. The van der Waals surface area contributed by atoms with Crippen LogP contribution < -0.4 is 4.74 Å². The first-order valence-electron chi connectivity index (χ1n) is 8.17. The Balaban J connectivity index is 1.91. The topological polar surface area (TPSA) is 110 Å². The number of methoxy groups -OCH3 is 1. The van der Waals surface area contributed by atoms with Gasteiger partial charge in [-0.25, -0.2) is 0 Å². The van der Waals surface area contributed by atoms with Crippen LogP contribution in [0.1, 0.15) is 25.3 Å². The number of carbonyl (C=O) groups excluding carboxylic acids is 1. The van der Waals surface area contributed by atoms with Gasteiger partial charge in [0, 0.05) is 24.9 Å². The van der Waals surface area contributed by atoms with Gasteiger partial charge < -0.3 is 14.7 Å². The Labute approximate surface area is 155 Å². The Hall–Kier alpha value is -2.29. The third-order valence-electron chi connectivity index (χ3n) is 4.50. The standard InChI is InChI=1S/C17H22N2O6S/c1-17(16(21)22)6-3-7-18(11-17)15(20)10-26-9-12-4-5-14(25-2)13(8-12)19(23)24/h4-5,8H,3,6-7,9-11H2,1-2H3,(H,21,22). The second-order valence-corrected chi connectivity index (χ2v) is 7.53. The van der Waals surface area contributed by atoms with E-state index >= 15 is 0 Å². The summed E-state index contributed by atoms with van der Waals surface area (Å²) in [5, 5.41) is 20.4. The molecule has 1 amide bonds. The average Bonchev–Trinajstić information content (AvgIpc) is 2.61. The molecule has 1 unspecified atom stereocenters. The number of carbonyl (C=O) groups is 2. The maximum atomic E-state index is 12.4. The molecule has 26 heavy (non-hydrogen) atoms. The smallest absolute Gasteiger partial charge is 0.311 e. The number of thioether (sulfide) groups is 1. The maximum Gasteiger partial charge on any atom is 0.311 e. The highest BCUT2D eigenvalue weighted by Crippen LogP contribution is 2.31. The number of likely N-dealkylation sites (tertiary alicyclic amines) is 1. The molecule has 2 rings (SSSR count). The number of benzene rings is 1. The molecule has 0 saturated carbocycles. The summed E-state index contributed by atoms with van der Waals surface area (Å²) in [5.41, 5.74) is -0.274. The summed E-state index contributed by atoms with van der Waals surface area (Å²) in [6.07, 6.45) is 1.23. The lowest BCUT2D eigenvalue weighted by molar-refractivity contribution is -0.385. The summed E-state index contributed by atoms with van der Waals surface area (Å²) < 4.78 is 4.97. The predicted octanol–water partition coefficient (Wildman–Crippen LogP) is 2.55. The van der Waals surface area contributed by atoms with E-state index in [4.69, 9.17) is 4.74 Å². The molecule has 0 aromatic heterocycles. The molecule has 9 heteroatoms. The molecule has 142 valence electrons. The van der Waals surface area contributed by atoms with Crippen LogP contribution in [0.2, 0.25) is 0 Å². The number of nitro groups is 1. The van der Waals surface area contributed by atoms with Gasteiger partial charge in [-0.15, -0.1) is 11.8 Å². The number of nitro benzene ring substituents is 1. The molecular weight excluding hydrogens is 360 g/mol. The van der Waals surface area contributed by atoms with Crippen molar-refractivity contribution in [2.75, 3.05) is 26.0 Å². The molecular formula is C17H22N2O6S. The first-order valence-corrected chi connectivity index (χ1v) is 9.32. The summed E-state index contributed by atoms with van der Waals surface area (Å²) in [7, 11) is 1.37. The summed E-state index contributed by atoms with van der Waals surface area (Å²) in [4.78, 5) is 35.9. The van der Waals surface area contributed by atoms with Gasteiger partial charge in [0.1, 0.15) is 0 Å². The van der Waals surface area contributed by atoms with Crippen LogP contribution in [0.25, 0.3) is 0 Å². The van der Waals surface area contributed by atoms with E-state index in [9.17, 15) is 24.8 Å². The normalized spacial score (nSPS) is 19.8. The number of carboxylic acid groups (broad SMARTS) is 1. The number of ether oxygens (including phenoxy) is 1. The molecule has 1 saturated heterocycles. The van der Waals surface area contributed by atoms with E-state index in [1.165, 1.54) is 24.9 Å². The zero-order valence-corrected chi connectivity index (χ0v) is 15.6. The van der Waals surface area contributed by atoms with Crippen molar-refractivity contribution >= 4 is 29.3 Å². The van der Waals surface area contributed by atoms with Crippen LogP contribution in [0.4, 0.5) is 5.69 Å². The number of rotatable bonds is 7. The number of hydrogen-bond donors (Lipinski definition) is 1. The quantitative estimate of drug-likeness (QED) is 0.570. The maximum absolute atomic E-state index is 12.4.